The number of hydrogen-bond donors (Lipinski definition) is 1. The van der Waals surface area contributed by atoms with E-state index in [1.54, 1.807) is 18.2 Å². The summed E-state index contributed by atoms with van der Waals surface area (Å²) in [6.07, 6.45) is 0.363. The number of benzene rings is 2. The van der Waals surface area contributed by atoms with Gasteiger partial charge < -0.3 is 10.1 Å². The summed E-state index contributed by atoms with van der Waals surface area (Å²) < 4.78 is 29.3. The van der Waals surface area contributed by atoms with E-state index in [2.05, 4.69) is 10.1 Å². The van der Waals surface area contributed by atoms with Crippen molar-refractivity contribution >= 4 is 23.4 Å². The minimum Gasteiger partial charge on any atom is -0.434 e. The van der Waals surface area contributed by atoms with Gasteiger partial charge in [-0.25, -0.2) is 0 Å². The molecule has 1 aliphatic heterocycles. The lowest BCUT2D eigenvalue weighted by atomic mass is 10.1. The maximum Gasteiger partial charge on any atom is 0.387 e. The largest absolute Gasteiger partial charge is 0.434 e. The zero-order chi connectivity index (χ0) is 19.4. The van der Waals surface area contributed by atoms with E-state index in [1.807, 2.05) is 0 Å². The average molecular weight is 374 g/mol. The number of rotatable bonds is 6. The summed E-state index contributed by atoms with van der Waals surface area (Å²) >= 11 is 0. The van der Waals surface area contributed by atoms with E-state index in [0.29, 0.717) is 16.8 Å². The van der Waals surface area contributed by atoms with Crippen LogP contribution >= 0.6 is 0 Å². The molecule has 1 saturated heterocycles. The highest BCUT2D eigenvalue weighted by Crippen LogP contribution is 2.23. The molecular formula is C19H16F2N2O4. The smallest absolute Gasteiger partial charge is 0.387 e. The van der Waals surface area contributed by atoms with E-state index < -0.39 is 12.5 Å². The van der Waals surface area contributed by atoms with Crippen LogP contribution in [0.5, 0.6) is 5.75 Å². The first-order valence-electron chi connectivity index (χ1n) is 8.22. The van der Waals surface area contributed by atoms with E-state index in [4.69, 9.17) is 0 Å². The molecule has 2 aromatic rings. The fourth-order valence-corrected chi connectivity index (χ4v) is 2.76. The molecule has 2 aromatic carbocycles. The van der Waals surface area contributed by atoms with Crippen molar-refractivity contribution in [2.45, 2.75) is 26.0 Å². The van der Waals surface area contributed by atoms with Gasteiger partial charge in [-0.1, -0.05) is 18.2 Å². The first-order valence-corrected chi connectivity index (χ1v) is 8.22. The molecule has 0 saturated carbocycles. The molecular weight excluding hydrogens is 358 g/mol. The third-order valence-corrected chi connectivity index (χ3v) is 4.07. The predicted octanol–water partition coefficient (Wildman–Crippen LogP) is 2.87. The first-order chi connectivity index (χ1) is 13.0. The lowest BCUT2D eigenvalue weighted by Crippen LogP contribution is -2.28. The molecule has 0 aliphatic carbocycles. The topological polar surface area (TPSA) is 75.7 Å². The summed E-state index contributed by atoms with van der Waals surface area (Å²) in [6, 6.07) is 12.2. The number of amides is 3. The van der Waals surface area contributed by atoms with E-state index in [0.717, 1.165) is 4.90 Å². The van der Waals surface area contributed by atoms with Gasteiger partial charge in [0.05, 0.1) is 5.69 Å². The fourth-order valence-electron chi connectivity index (χ4n) is 2.76. The Morgan fingerprint density at radius 1 is 1.04 bits per heavy atom. The number of alkyl halides is 2. The lowest BCUT2D eigenvalue weighted by molar-refractivity contribution is -0.121. The Balaban J connectivity index is 1.65. The summed E-state index contributed by atoms with van der Waals surface area (Å²) in [5.74, 6) is -0.970. The third kappa shape index (κ3) is 4.28. The summed E-state index contributed by atoms with van der Waals surface area (Å²) in [5.41, 5.74) is 1.14. The van der Waals surface area contributed by atoms with Crippen molar-refractivity contribution in [3.63, 3.8) is 0 Å². The molecule has 3 rings (SSSR count). The molecule has 3 amide bonds. The summed E-state index contributed by atoms with van der Waals surface area (Å²) in [7, 11) is 0. The van der Waals surface area contributed by atoms with Gasteiger partial charge >= 0.3 is 6.61 Å². The molecule has 0 spiro atoms. The van der Waals surface area contributed by atoms with Gasteiger partial charge in [0.1, 0.15) is 5.75 Å². The zero-order valence-electron chi connectivity index (χ0n) is 14.2. The second-order valence-electron chi connectivity index (χ2n) is 5.84. The van der Waals surface area contributed by atoms with Gasteiger partial charge in [-0.3, -0.25) is 19.3 Å². The highest BCUT2D eigenvalue weighted by atomic mass is 19.3. The molecule has 0 atom stereocenters. The molecule has 6 nitrogen and oxygen atoms in total. The molecule has 1 aliphatic rings. The number of ether oxygens (including phenoxy) is 1. The molecule has 8 heteroatoms. The number of nitrogens with one attached hydrogen (secondary N) is 1. The minimum absolute atomic E-state index is 0.00536. The van der Waals surface area contributed by atoms with Gasteiger partial charge in [0.15, 0.2) is 0 Å². The first kappa shape index (κ1) is 18.5. The quantitative estimate of drug-likeness (QED) is 0.789. The van der Waals surface area contributed by atoms with Crippen LogP contribution in [0, 0.1) is 0 Å². The average Bonchev–Trinajstić information content (AvgIpc) is 2.99. The van der Waals surface area contributed by atoms with Crippen LogP contribution in [0.15, 0.2) is 48.5 Å². The van der Waals surface area contributed by atoms with Crippen LogP contribution in [0.25, 0.3) is 0 Å². The van der Waals surface area contributed by atoms with Crippen molar-refractivity contribution in [3.8, 4) is 5.75 Å². The van der Waals surface area contributed by atoms with Gasteiger partial charge in [-0.15, -0.1) is 0 Å². The second kappa shape index (κ2) is 7.94. The molecule has 1 fully saturated rings. The number of anilines is 1. The number of nitrogens with zero attached hydrogens (tertiary/aromatic N) is 1. The van der Waals surface area contributed by atoms with Crippen molar-refractivity contribution in [2.75, 3.05) is 4.90 Å². The molecule has 1 N–H and O–H groups in total. The maximum atomic E-state index is 12.4. The summed E-state index contributed by atoms with van der Waals surface area (Å²) in [4.78, 5) is 36.8. The van der Waals surface area contributed by atoms with Crippen LogP contribution in [0.2, 0.25) is 0 Å². The van der Waals surface area contributed by atoms with Gasteiger partial charge in [0.25, 0.3) is 5.91 Å². The van der Waals surface area contributed by atoms with Crippen LogP contribution in [0.4, 0.5) is 14.5 Å². The second-order valence-corrected chi connectivity index (χ2v) is 5.84. The summed E-state index contributed by atoms with van der Waals surface area (Å²) in [5, 5.41) is 2.62. The van der Waals surface area contributed by atoms with Crippen LogP contribution in [0.1, 0.15) is 28.8 Å². The van der Waals surface area contributed by atoms with Crippen molar-refractivity contribution in [3.05, 3.63) is 59.7 Å². The van der Waals surface area contributed by atoms with Gasteiger partial charge in [-0.05, 0) is 30.3 Å². The highest BCUT2D eigenvalue weighted by molar-refractivity contribution is 6.19. The molecule has 140 valence electrons. The maximum absolute atomic E-state index is 12.4. The van der Waals surface area contributed by atoms with Gasteiger partial charge in [-0.2, -0.15) is 8.78 Å². The van der Waals surface area contributed by atoms with Gasteiger partial charge in [0, 0.05) is 30.5 Å². The molecule has 1 heterocycles. The van der Waals surface area contributed by atoms with Crippen molar-refractivity contribution in [1.29, 1.82) is 0 Å². The number of hydrogen-bond acceptors (Lipinski definition) is 4. The molecule has 0 bridgehead atoms. The van der Waals surface area contributed by atoms with E-state index in [1.165, 1.54) is 30.3 Å². The number of halogens is 2. The minimum atomic E-state index is -2.95. The normalized spacial score (nSPS) is 14.0. The fraction of sp³-hybridized carbons (Fsp3) is 0.211. The van der Waals surface area contributed by atoms with Crippen molar-refractivity contribution in [1.82, 2.24) is 5.32 Å². The summed E-state index contributed by atoms with van der Waals surface area (Å²) in [6.45, 7) is -2.95. The highest BCUT2D eigenvalue weighted by Gasteiger charge is 2.30. The third-order valence-electron chi connectivity index (χ3n) is 4.07. The Labute approximate surface area is 153 Å². The molecule has 27 heavy (non-hydrogen) atoms. The Kier molecular flexibility index (Phi) is 5.44. The van der Waals surface area contributed by atoms with Crippen molar-refractivity contribution in [2.24, 2.45) is 0 Å². The van der Waals surface area contributed by atoms with E-state index >= 15 is 0 Å². The zero-order valence-corrected chi connectivity index (χ0v) is 14.2. The lowest BCUT2D eigenvalue weighted by Gasteiger charge is -2.14. The van der Waals surface area contributed by atoms with Crippen LogP contribution in [-0.4, -0.2) is 24.3 Å². The van der Waals surface area contributed by atoms with Crippen LogP contribution in [0.3, 0.4) is 0 Å². The Morgan fingerprint density at radius 2 is 1.67 bits per heavy atom. The number of para-hydroxylation sites is 1. The van der Waals surface area contributed by atoms with Crippen LogP contribution < -0.4 is 15.0 Å². The Bertz CT molecular complexity index is 852. The predicted molar refractivity (Wildman–Crippen MR) is 92.4 cm³/mol. The molecule has 0 radical (unpaired) electrons. The standard InChI is InChI=1S/C19H16F2N2O4/c20-19(21)27-15-4-2-1-3-13(15)11-22-18(26)12-5-7-14(8-6-12)23-16(24)9-10-17(23)25/h1-8,19H,9-11H2,(H,22,26). The van der Waals surface area contributed by atoms with E-state index in [9.17, 15) is 23.2 Å². The Morgan fingerprint density at radius 3 is 2.30 bits per heavy atom. The molecule has 0 unspecified atom stereocenters. The van der Waals surface area contributed by atoms with E-state index in [-0.39, 0.29) is 37.0 Å². The number of imide groups is 1. The van der Waals surface area contributed by atoms with Crippen molar-refractivity contribution < 1.29 is 27.9 Å². The molecule has 0 aromatic heterocycles. The van der Waals surface area contributed by atoms with Gasteiger partial charge in [0.2, 0.25) is 11.8 Å². The monoisotopic (exact) mass is 374 g/mol. The van der Waals surface area contributed by atoms with Crippen LogP contribution in [-0.2, 0) is 16.1 Å². The SMILES string of the molecule is O=C(NCc1ccccc1OC(F)F)c1ccc(N2C(=O)CCC2=O)cc1. The number of carbonyl (C=O) groups is 3. The Hall–Kier alpha value is -3.29. The number of carbonyl (C=O) groups excluding carboxylic acids is 3.